The number of hydrogen-bond donors (Lipinski definition) is 1. The summed E-state index contributed by atoms with van der Waals surface area (Å²) < 4.78 is 20.3. The summed E-state index contributed by atoms with van der Waals surface area (Å²) in [6, 6.07) is 9.38. The van der Waals surface area contributed by atoms with E-state index >= 15 is 0 Å². The maximum Gasteiger partial charge on any atom is 0.270 e. The van der Waals surface area contributed by atoms with Gasteiger partial charge in [0, 0.05) is 0 Å². The number of halogens is 2. The maximum atomic E-state index is 14.0. The number of nitrogens with zero attached hydrogens (tertiary/aromatic N) is 1. The van der Waals surface area contributed by atoms with E-state index in [0.29, 0.717) is 26.4 Å². The van der Waals surface area contributed by atoms with Crippen molar-refractivity contribution in [3.8, 4) is 11.5 Å². The molecule has 0 unspecified atom stereocenters. The van der Waals surface area contributed by atoms with E-state index in [2.05, 4.69) is 0 Å². The minimum atomic E-state index is -0.511. The molecule has 0 aliphatic carbocycles. The van der Waals surface area contributed by atoms with Crippen LogP contribution in [0.1, 0.15) is 12.5 Å². The minimum Gasteiger partial charge on any atom is -0.504 e. The second-order valence-corrected chi connectivity index (χ2v) is 8.09. The van der Waals surface area contributed by atoms with Crippen LogP contribution in [-0.2, 0) is 4.79 Å². The molecule has 3 rings (SSSR count). The van der Waals surface area contributed by atoms with Gasteiger partial charge in [0.05, 0.1) is 20.8 Å². The van der Waals surface area contributed by atoms with Crippen molar-refractivity contribution in [1.29, 1.82) is 0 Å². The van der Waals surface area contributed by atoms with Gasteiger partial charge in [0.2, 0.25) is 0 Å². The summed E-state index contributed by atoms with van der Waals surface area (Å²) in [5, 5.41) is 10.0. The Hall–Kier alpha value is -1.65. The molecule has 1 aliphatic rings. The van der Waals surface area contributed by atoms with Gasteiger partial charge in [-0.25, -0.2) is 4.39 Å². The fourth-order valence-corrected chi connectivity index (χ4v) is 4.31. The Balaban J connectivity index is 1.97. The molecule has 1 fully saturated rings. The highest BCUT2D eigenvalue weighted by Crippen LogP contribution is 2.39. The Kier molecular flexibility index (Phi) is 5.83. The molecule has 0 radical (unpaired) electrons. The number of rotatable bonds is 4. The summed E-state index contributed by atoms with van der Waals surface area (Å²) in [4.78, 5) is 14.3. The first-order chi connectivity index (χ1) is 12.4. The summed E-state index contributed by atoms with van der Waals surface area (Å²) in [5.41, 5.74) is 0.818. The van der Waals surface area contributed by atoms with E-state index in [-0.39, 0.29) is 21.7 Å². The SMILES string of the molecule is CCOc1cc(/C=C2\SC(=S)N(c3ccccc3F)C2=O)cc(I)c1O. The van der Waals surface area contributed by atoms with Crippen LogP contribution < -0.4 is 9.64 Å². The lowest BCUT2D eigenvalue weighted by atomic mass is 10.2. The summed E-state index contributed by atoms with van der Waals surface area (Å²) >= 11 is 8.36. The number of carbonyl (C=O) groups excluding carboxylic acids is 1. The normalized spacial score (nSPS) is 15.8. The summed E-state index contributed by atoms with van der Waals surface area (Å²) in [5.74, 6) is -0.493. The molecule has 26 heavy (non-hydrogen) atoms. The van der Waals surface area contributed by atoms with Gasteiger partial charge in [0.1, 0.15) is 5.82 Å². The molecular weight excluding hydrogens is 488 g/mol. The van der Waals surface area contributed by atoms with Gasteiger partial charge in [-0.2, -0.15) is 0 Å². The van der Waals surface area contributed by atoms with Crippen molar-refractivity contribution in [1.82, 2.24) is 0 Å². The third-order valence-corrected chi connectivity index (χ3v) is 5.66. The Morgan fingerprint density at radius 1 is 1.38 bits per heavy atom. The number of phenolic OH excluding ortho intramolecular Hbond substituents is 1. The largest absolute Gasteiger partial charge is 0.504 e. The van der Waals surface area contributed by atoms with Crippen LogP contribution >= 0.6 is 46.6 Å². The summed E-state index contributed by atoms with van der Waals surface area (Å²) in [7, 11) is 0. The molecule has 1 saturated heterocycles. The monoisotopic (exact) mass is 501 g/mol. The molecule has 1 amide bonds. The molecule has 1 aliphatic heterocycles. The van der Waals surface area contributed by atoms with Crippen LogP contribution in [0.25, 0.3) is 6.08 Å². The first kappa shape index (κ1) is 19.1. The van der Waals surface area contributed by atoms with Gasteiger partial charge in [-0.05, 0) is 65.4 Å². The van der Waals surface area contributed by atoms with Crippen LogP contribution in [0.15, 0.2) is 41.3 Å². The highest BCUT2D eigenvalue weighted by atomic mass is 127. The Labute approximate surface area is 173 Å². The number of aromatic hydroxyl groups is 1. The first-order valence-corrected chi connectivity index (χ1v) is 9.90. The van der Waals surface area contributed by atoms with Crippen LogP contribution in [0.2, 0.25) is 0 Å². The van der Waals surface area contributed by atoms with E-state index < -0.39 is 5.82 Å². The van der Waals surface area contributed by atoms with Crippen molar-refractivity contribution in [2.75, 3.05) is 11.5 Å². The molecular formula is C18H13FINO3S2. The fraction of sp³-hybridized carbons (Fsp3) is 0.111. The zero-order valence-electron chi connectivity index (χ0n) is 13.5. The third-order valence-electron chi connectivity index (χ3n) is 3.54. The van der Waals surface area contributed by atoms with Gasteiger partial charge in [-0.3, -0.25) is 9.69 Å². The molecule has 2 aromatic rings. The van der Waals surface area contributed by atoms with E-state index in [0.717, 1.165) is 11.8 Å². The number of phenols is 1. The van der Waals surface area contributed by atoms with Gasteiger partial charge in [-0.15, -0.1) is 0 Å². The number of benzene rings is 2. The zero-order chi connectivity index (χ0) is 18.8. The smallest absolute Gasteiger partial charge is 0.270 e. The molecule has 8 heteroatoms. The molecule has 0 aromatic heterocycles. The van der Waals surface area contributed by atoms with Gasteiger partial charge in [-0.1, -0.05) is 36.1 Å². The van der Waals surface area contributed by atoms with Gasteiger partial charge >= 0.3 is 0 Å². The van der Waals surface area contributed by atoms with E-state index in [1.165, 1.54) is 17.0 Å². The van der Waals surface area contributed by atoms with Gasteiger partial charge in [0.25, 0.3) is 5.91 Å². The second kappa shape index (κ2) is 7.93. The minimum absolute atomic E-state index is 0.0588. The maximum absolute atomic E-state index is 14.0. The first-order valence-electron chi connectivity index (χ1n) is 7.60. The van der Waals surface area contributed by atoms with E-state index in [1.807, 2.05) is 29.5 Å². The van der Waals surface area contributed by atoms with Crippen molar-refractivity contribution in [3.05, 3.63) is 56.3 Å². The standard InChI is InChI=1S/C18H13FINO3S2/c1-2-24-14-8-10(7-12(20)16(14)22)9-15-17(23)21(18(25)26-15)13-6-4-3-5-11(13)19/h3-9,22H,2H2,1H3/b15-9-. The van der Waals surface area contributed by atoms with Crippen molar-refractivity contribution in [3.63, 3.8) is 0 Å². The second-order valence-electron chi connectivity index (χ2n) is 5.25. The highest BCUT2D eigenvalue weighted by molar-refractivity contribution is 14.1. The van der Waals surface area contributed by atoms with E-state index in [9.17, 15) is 14.3 Å². The molecule has 1 N–H and O–H groups in total. The lowest BCUT2D eigenvalue weighted by molar-refractivity contribution is -0.113. The average Bonchev–Trinajstić information content (AvgIpc) is 2.87. The van der Waals surface area contributed by atoms with Crippen LogP contribution in [0.4, 0.5) is 10.1 Å². The number of para-hydroxylation sites is 1. The van der Waals surface area contributed by atoms with E-state index in [1.54, 1.807) is 30.3 Å². The number of ether oxygens (including phenoxy) is 1. The number of hydrogen-bond acceptors (Lipinski definition) is 5. The molecule has 0 bridgehead atoms. The fourth-order valence-electron chi connectivity index (χ4n) is 2.40. The highest BCUT2D eigenvalue weighted by Gasteiger charge is 2.34. The lowest BCUT2D eigenvalue weighted by Crippen LogP contribution is -2.28. The van der Waals surface area contributed by atoms with Crippen molar-refractivity contribution in [2.24, 2.45) is 0 Å². The third kappa shape index (κ3) is 3.72. The predicted octanol–water partition coefficient (Wildman–Crippen LogP) is 4.94. The molecule has 0 spiro atoms. The number of carbonyl (C=O) groups is 1. The lowest BCUT2D eigenvalue weighted by Gasteiger charge is -2.14. The number of thiocarbonyl (C=S) groups is 1. The molecule has 134 valence electrons. The van der Waals surface area contributed by atoms with Crippen molar-refractivity contribution in [2.45, 2.75) is 6.92 Å². The molecule has 1 heterocycles. The molecule has 2 aromatic carbocycles. The Bertz CT molecular complexity index is 933. The van der Waals surface area contributed by atoms with Gasteiger partial charge < -0.3 is 9.84 Å². The van der Waals surface area contributed by atoms with Crippen molar-refractivity contribution >= 4 is 68.6 Å². The van der Waals surface area contributed by atoms with Crippen LogP contribution in [0.3, 0.4) is 0 Å². The summed E-state index contributed by atoms with van der Waals surface area (Å²) in [6.45, 7) is 2.22. The zero-order valence-corrected chi connectivity index (χ0v) is 17.3. The molecule has 0 saturated carbocycles. The number of anilines is 1. The molecule has 4 nitrogen and oxygen atoms in total. The van der Waals surface area contributed by atoms with Crippen LogP contribution in [-0.4, -0.2) is 21.9 Å². The van der Waals surface area contributed by atoms with Gasteiger partial charge in [0.15, 0.2) is 15.8 Å². The number of thioether (sulfide) groups is 1. The van der Waals surface area contributed by atoms with E-state index in [4.69, 9.17) is 17.0 Å². The quantitative estimate of drug-likeness (QED) is 0.366. The van der Waals surface area contributed by atoms with Crippen LogP contribution in [0.5, 0.6) is 11.5 Å². The molecule has 0 atom stereocenters. The Morgan fingerprint density at radius 2 is 2.12 bits per heavy atom. The topological polar surface area (TPSA) is 49.8 Å². The number of amides is 1. The predicted molar refractivity (Wildman–Crippen MR) is 114 cm³/mol. The summed E-state index contributed by atoms with van der Waals surface area (Å²) in [6.07, 6.45) is 1.66. The van der Waals surface area contributed by atoms with Crippen LogP contribution in [0, 0.1) is 9.39 Å². The van der Waals surface area contributed by atoms with Crippen molar-refractivity contribution < 1.29 is 19.0 Å². The average molecular weight is 501 g/mol. The Morgan fingerprint density at radius 3 is 2.81 bits per heavy atom.